The average molecular weight is 254 g/mol. The van der Waals surface area contributed by atoms with Gasteiger partial charge in [0, 0.05) is 0 Å². The molecule has 0 aliphatic rings. The van der Waals surface area contributed by atoms with Crippen molar-refractivity contribution >= 4 is 20.2 Å². The van der Waals surface area contributed by atoms with Gasteiger partial charge in [-0.3, -0.25) is 13.6 Å². The summed E-state index contributed by atoms with van der Waals surface area (Å²) in [7, 11) is -2.87. The van der Waals surface area contributed by atoms with Crippen LogP contribution in [0.5, 0.6) is 0 Å². The van der Waals surface area contributed by atoms with Crippen molar-refractivity contribution in [2.24, 2.45) is 0 Å². The highest BCUT2D eigenvalue weighted by molar-refractivity contribution is 7.33. The van der Waals surface area contributed by atoms with Crippen LogP contribution in [0.3, 0.4) is 0 Å². The van der Waals surface area contributed by atoms with Gasteiger partial charge in [-0.15, -0.1) is 0 Å². The van der Waals surface area contributed by atoms with Crippen molar-refractivity contribution in [3.63, 3.8) is 0 Å². The Labute approximate surface area is 93.9 Å². The van der Waals surface area contributed by atoms with E-state index in [1.54, 1.807) is 13.8 Å². The lowest BCUT2D eigenvalue weighted by atomic mass is 10.7. The van der Waals surface area contributed by atoms with Gasteiger partial charge in [-0.1, -0.05) is 0 Å². The fourth-order valence-electron chi connectivity index (χ4n) is 0.683. The molecule has 0 heterocycles. The normalized spacial score (nSPS) is 10.2. The van der Waals surface area contributed by atoms with Crippen molar-refractivity contribution < 1.29 is 32.7 Å². The topological polar surface area (TPSA) is 88.1 Å². The highest BCUT2D eigenvalue weighted by Crippen LogP contribution is 2.22. The lowest BCUT2D eigenvalue weighted by Crippen LogP contribution is -2.12. The van der Waals surface area contributed by atoms with Gasteiger partial charge in [0.15, 0.2) is 13.2 Å². The summed E-state index contributed by atoms with van der Waals surface area (Å²) in [6.45, 7) is 2.78. The molecule has 0 atom stereocenters. The number of ether oxygens (including phenoxy) is 2. The molecular weight excluding hydrogens is 239 g/mol. The first kappa shape index (κ1) is 15.1. The van der Waals surface area contributed by atoms with E-state index in [2.05, 4.69) is 18.5 Å². The molecule has 0 spiro atoms. The lowest BCUT2D eigenvalue weighted by Gasteiger charge is -2.05. The summed E-state index contributed by atoms with van der Waals surface area (Å²) in [6.07, 6.45) is 0. The Morgan fingerprint density at radius 3 is 1.62 bits per heavy atom. The van der Waals surface area contributed by atoms with E-state index in [4.69, 9.17) is 0 Å². The van der Waals surface area contributed by atoms with Gasteiger partial charge < -0.3 is 9.47 Å². The molecule has 0 rings (SSSR count). The predicted octanol–water partition coefficient (Wildman–Crippen LogP) is 0.535. The molecule has 0 saturated carbocycles. The largest absolute Gasteiger partial charge is 0.464 e. The second-order valence-corrected chi connectivity index (χ2v) is 3.51. The molecular formula is C8H15O7P. The maximum atomic E-state index is 11.0. The average Bonchev–Trinajstić information content (AvgIpc) is 2.24. The van der Waals surface area contributed by atoms with Crippen molar-refractivity contribution in [3.05, 3.63) is 0 Å². The standard InChI is InChI=1S/C8H15O7P/c1-3-12-7(9)5-14-16(11)15-6-8(10)13-4-2/h16H,3-6H2,1-2H3. The van der Waals surface area contributed by atoms with Gasteiger partial charge in [0.05, 0.1) is 13.2 Å². The molecule has 94 valence electrons. The molecule has 0 amide bonds. The molecule has 0 aromatic rings. The van der Waals surface area contributed by atoms with Gasteiger partial charge >= 0.3 is 20.2 Å². The van der Waals surface area contributed by atoms with Crippen molar-refractivity contribution in [1.29, 1.82) is 0 Å². The molecule has 7 nitrogen and oxygen atoms in total. The third-order valence-electron chi connectivity index (χ3n) is 1.23. The number of hydrogen-bond acceptors (Lipinski definition) is 7. The summed E-state index contributed by atoms with van der Waals surface area (Å²) < 4.78 is 29.1. The molecule has 0 unspecified atom stereocenters. The van der Waals surface area contributed by atoms with Crippen molar-refractivity contribution in [2.75, 3.05) is 26.4 Å². The Hall–Kier alpha value is -0.910. The van der Waals surface area contributed by atoms with E-state index in [-0.39, 0.29) is 13.2 Å². The minimum atomic E-state index is -2.87. The lowest BCUT2D eigenvalue weighted by molar-refractivity contribution is -0.146. The predicted molar refractivity (Wildman–Crippen MR) is 54.2 cm³/mol. The fraction of sp³-hybridized carbons (Fsp3) is 0.750. The van der Waals surface area contributed by atoms with Crippen LogP contribution in [0.1, 0.15) is 13.8 Å². The van der Waals surface area contributed by atoms with Crippen LogP contribution in [0, 0.1) is 0 Å². The molecule has 0 aromatic heterocycles. The van der Waals surface area contributed by atoms with Crippen LogP contribution in [0.15, 0.2) is 0 Å². The molecule has 0 N–H and O–H groups in total. The molecule has 0 aliphatic heterocycles. The first-order valence-corrected chi connectivity index (χ1v) is 5.93. The van der Waals surface area contributed by atoms with E-state index in [9.17, 15) is 14.2 Å². The van der Waals surface area contributed by atoms with Gasteiger partial charge in [-0.05, 0) is 13.8 Å². The monoisotopic (exact) mass is 254 g/mol. The molecule has 0 fully saturated rings. The van der Waals surface area contributed by atoms with E-state index in [0.717, 1.165) is 0 Å². The fourth-order valence-corrected chi connectivity index (χ4v) is 1.24. The molecule has 0 aliphatic carbocycles. The van der Waals surface area contributed by atoms with E-state index < -0.39 is 33.4 Å². The third-order valence-corrected chi connectivity index (χ3v) is 1.99. The summed E-state index contributed by atoms with van der Waals surface area (Å²) in [5.41, 5.74) is 0. The minimum Gasteiger partial charge on any atom is -0.464 e. The Kier molecular flexibility index (Phi) is 8.80. The van der Waals surface area contributed by atoms with Crippen molar-refractivity contribution in [2.45, 2.75) is 13.8 Å². The molecule has 0 bridgehead atoms. The SMILES string of the molecule is CCOC(=O)CO[PH](=O)OCC(=O)OCC. The van der Waals surface area contributed by atoms with Gasteiger partial charge in [0.25, 0.3) is 0 Å². The zero-order valence-electron chi connectivity index (χ0n) is 9.19. The molecule has 0 aromatic carbocycles. The summed E-state index contributed by atoms with van der Waals surface area (Å²) in [5, 5.41) is 0. The highest BCUT2D eigenvalue weighted by atomic mass is 31.1. The van der Waals surface area contributed by atoms with Crippen LogP contribution in [0.25, 0.3) is 0 Å². The van der Waals surface area contributed by atoms with Crippen molar-refractivity contribution in [1.82, 2.24) is 0 Å². The van der Waals surface area contributed by atoms with Crippen LogP contribution >= 0.6 is 8.25 Å². The third kappa shape index (κ3) is 8.40. The second-order valence-electron chi connectivity index (χ2n) is 2.44. The molecule has 8 heteroatoms. The van der Waals surface area contributed by atoms with Crippen LogP contribution < -0.4 is 0 Å². The van der Waals surface area contributed by atoms with Gasteiger partial charge in [0.2, 0.25) is 0 Å². The number of carbonyl (C=O) groups excluding carboxylic acids is 2. The number of esters is 2. The first-order chi connectivity index (χ1) is 7.60. The summed E-state index contributed by atoms with van der Waals surface area (Å²) >= 11 is 0. The number of rotatable bonds is 8. The van der Waals surface area contributed by atoms with Crippen LogP contribution in [0.2, 0.25) is 0 Å². The molecule has 0 radical (unpaired) electrons. The van der Waals surface area contributed by atoms with E-state index in [0.29, 0.717) is 0 Å². The molecule has 16 heavy (non-hydrogen) atoms. The van der Waals surface area contributed by atoms with Crippen molar-refractivity contribution in [3.8, 4) is 0 Å². The highest BCUT2D eigenvalue weighted by Gasteiger charge is 2.09. The Balaban J connectivity index is 3.59. The Morgan fingerprint density at radius 1 is 0.938 bits per heavy atom. The summed E-state index contributed by atoms with van der Waals surface area (Å²) in [6, 6.07) is 0. The van der Waals surface area contributed by atoms with E-state index >= 15 is 0 Å². The quantitative estimate of drug-likeness (QED) is 0.461. The zero-order chi connectivity index (χ0) is 12.4. The summed E-state index contributed by atoms with van der Waals surface area (Å²) in [5.74, 6) is -1.28. The van der Waals surface area contributed by atoms with Gasteiger partial charge in [-0.25, -0.2) is 9.59 Å². The van der Waals surface area contributed by atoms with Crippen LogP contribution in [0.4, 0.5) is 0 Å². The maximum Gasteiger partial charge on any atom is 0.332 e. The van der Waals surface area contributed by atoms with E-state index in [1.807, 2.05) is 0 Å². The van der Waals surface area contributed by atoms with Gasteiger partial charge in [0.1, 0.15) is 0 Å². The minimum absolute atomic E-state index is 0.215. The molecule has 0 saturated heterocycles. The number of carbonyl (C=O) groups is 2. The Bertz CT molecular complexity index is 229. The first-order valence-electron chi connectivity index (χ1n) is 4.70. The van der Waals surface area contributed by atoms with Crippen LogP contribution in [-0.4, -0.2) is 38.4 Å². The second kappa shape index (κ2) is 9.33. The van der Waals surface area contributed by atoms with E-state index in [1.165, 1.54) is 0 Å². The van der Waals surface area contributed by atoms with Crippen LogP contribution in [-0.2, 0) is 32.7 Å². The summed E-state index contributed by atoms with van der Waals surface area (Å²) in [4.78, 5) is 21.5. The maximum absolute atomic E-state index is 11.0. The number of hydrogen-bond donors (Lipinski definition) is 0. The smallest absolute Gasteiger partial charge is 0.332 e. The van der Waals surface area contributed by atoms with Gasteiger partial charge in [-0.2, -0.15) is 0 Å². The Morgan fingerprint density at radius 2 is 1.31 bits per heavy atom. The zero-order valence-corrected chi connectivity index (χ0v) is 10.2.